The van der Waals surface area contributed by atoms with Crippen molar-refractivity contribution in [3.8, 4) is 5.75 Å². The van der Waals surface area contributed by atoms with Crippen LogP contribution in [0, 0.1) is 17.8 Å². The molecule has 9 nitrogen and oxygen atoms in total. The van der Waals surface area contributed by atoms with E-state index in [1.807, 2.05) is 0 Å². The number of alkyl halides is 6. The molecule has 1 aromatic carbocycles. The lowest BCUT2D eigenvalue weighted by Crippen LogP contribution is -2.65. The molecule has 3 fully saturated rings. The molecule has 5 atom stereocenters. The minimum atomic E-state index is -7.39. The monoisotopic (exact) mass is 709 g/mol. The Morgan fingerprint density at radius 3 is 2.22 bits per heavy atom. The number of halogens is 6. The predicted molar refractivity (Wildman–Crippen MR) is 150 cm³/mol. The van der Waals surface area contributed by atoms with Gasteiger partial charge in [0.15, 0.2) is 15.4 Å². The van der Waals surface area contributed by atoms with Crippen LogP contribution in [0.4, 0.5) is 26.3 Å². The first-order valence-electron chi connectivity index (χ1n) is 14.4. The van der Waals surface area contributed by atoms with Crippen LogP contribution in [0.5, 0.6) is 5.75 Å². The molecule has 18 heteroatoms. The molecule has 254 valence electrons. The summed E-state index contributed by atoms with van der Waals surface area (Å²) in [5, 5.41) is -14.1. The van der Waals surface area contributed by atoms with E-state index in [9.17, 15) is 43.7 Å². The van der Waals surface area contributed by atoms with Crippen LogP contribution >= 0.6 is 0 Å². The number of carbonyl (C=O) groups is 1. The third kappa shape index (κ3) is 5.68. The summed E-state index contributed by atoms with van der Waals surface area (Å²) in [6.07, 6.45) is 2.49. The van der Waals surface area contributed by atoms with Gasteiger partial charge in [0.1, 0.15) is 17.3 Å². The van der Waals surface area contributed by atoms with E-state index in [4.69, 9.17) is 9.47 Å². The maximum absolute atomic E-state index is 15.1. The number of nitrogens with zero attached hydrogens (tertiary/aromatic N) is 1. The normalized spacial score (nSPS) is 29.6. The first-order valence-corrected chi connectivity index (χ1v) is 18.9. The van der Waals surface area contributed by atoms with E-state index < -0.39 is 83.6 Å². The van der Waals surface area contributed by atoms with Crippen LogP contribution in [0.15, 0.2) is 18.2 Å². The van der Waals surface area contributed by atoms with Gasteiger partial charge < -0.3 is 14.0 Å². The number of rotatable bonds is 8. The zero-order valence-corrected chi connectivity index (χ0v) is 26.6. The number of sulfonamides is 1. The van der Waals surface area contributed by atoms with Crippen molar-refractivity contribution in [1.29, 1.82) is 0 Å². The van der Waals surface area contributed by atoms with Gasteiger partial charge in [-0.25, -0.2) is 16.8 Å². The molecule has 1 saturated carbocycles. The number of ether oxygens (including phenoxy) is 2. The van der Waals surface area contributed by atoms with Gasteiger partial charge in [-0.15, -0.1) is 0 Å². The molecule has 4 aliphatic rings. The Bertz CT molecular complexity index is 1520. The molecule has 2 heterocycles. The van der Waals surface area contributed by atoms with Crippen molar-refractivity contribution >= 4 is 36.8 Å². The van der Waals surface area contributed by atoms with Gasteiger partial charge in [0.05, 0.1) is 20.3 Å². The Labute approximate surface area is 260 Å². The molecular weight excluding hydrogens is 676 g/mol. The number of methoxy groups -OCH3 is 1. The van der Waals surface area contributed by atoms with Crippen LogP contribution in [-0.2, 0) is 35.8 Å². The first kappa shape index (κ1) is 34.7. The second-order valence-corrected chi connectivity index (χ2v) is 17.8. The third-order valence-electron chi connectivity index (χ3n) is 9.66. The minimum Gasteiger partial charge on any atom is -0.743 e. The summed E-state index contributed by atoms with van der Waals surface area (Å²) < 4.78 is 157. The Balaban J connectivity index is 1.57. The highest BCUT2D eigenvalue weighted by Gasteiger charge is 2.81. The Morgan fingerprint density at radius 1 is 0.956 bits per heavy atom. The summed E-state index contributed by atoms with van der Waals surface area (Å²) in [6, 6.07) is 4.82. The topological polar surface area (TPSA) is 130 Å². The number of Topliss-reactive ketones (excluding diaryl/α,β-unsaturated/α-hetero) is 1. The maximum atomic E-state index is 15.1. The molecule has 5 rings (SSSR count). The minimum absolute atomic E-state index is 0.0525. The third-order valence-corrected chi connectivity index (χ3v) is 15.0. The fourth-order valence-corrected chi connectivity index (χ4v) is 11.7. The summed E-state index contributed by atoms with van der Waals surface area (Å²) in [7, 11) is -13.0. The molecule has 1 aromatic rings. The van der Waals surface area contributed by atoms with Crippen molar-refractivity contribution in [2.45, 2.75) is 59.7 Å². The summed E-state index contributed by atoms with van der Waals surface area (Å²) in [5.41, 5.74) is 0.864. The number of hydrogen-bond acceptors (Lipinski definition) is 8. The van der Waals surface area contributed by atoms with Gasteiger partial charge in [-0.3, -0.25) is 4.79 Å². The molecule has 2 aliphatic carbocycles. The van der Waals surface area contributed by atoms with Crippen molar-refractivity contribution in [2.75, 3.05) is 44.9 Å². The largest absolute Gasteiger partial charge is 0.743 e. The van der Waals surface area contributed by atoms with E-state index in [1.165, 1.54) is 7.11 Å². The fourth-order valence-electron chi connectivity index (χ4n) is 7.36. The van der Waals surface area contributed by atoms with Crippen LogP contribution in [-0.4, -0.2) is 98.1 Å². The second-order valence-electron chi connectivity index (χ2n) is 12.0. The van der Waals surface area contributed by atoms with Gasteiger partial charge in [0, 0.05) is 36.0 Å². The maximum Gasteiger partial charge on any atom is 0.428 e. The Morgan fingerprint density at radius 2 is 1.60 bits per heavy atom. The van der Waals surface area contributed by atoms with E-state index in [2.05, 4.69) is 0 Å². The van der Waals surface area contributed by atoms with E-state index in [0.717, 1.165) is 6.42 Å². The van der Waals surface area contributed by atoms with Gasteiger partial charge in [0.2, 0.25) is 5.78 Å². The average molecular weight is 710 g/mol. The summed E-state index contributed by atoms with van der Waals surface area (Å²) in [6.45, 7) is -0.540. The molecule has 45 heavy (non-hydrogen) atoms. The average Bonchev–Trinajstić information content (AvgIpc) is 3.00. The fraction of sp³-hybridized carbons (Fsp3) is 0.741. The van der Waals surface area contributed by atoms with Crippen LogP contribution in [0.2, 0.25) is 0 Å². The molecular formula is C27H33F6NO8S3. The smallest absolute Gasteiger partial charge is 0.428 e. The quantitative estimate of drug-likeness (QED) is 0.227. The number of benzene rings is 1. The van der Waals surface area contributed by atoms with Gasteiger partial charge >= 0.3 is 16.4 Å². The summed E-state index contributed by atoms with van der Waals surface area (Å²) in [5.74, 6) is -7.80. The first-order chi connectivity index (χ1) is 20.9. The number of carbonyl (C=O) groups excluding carboxylic acids is 1. The van der Waals surface area contributed by atoms with Crippen molar-refractivity contribution in [3.05, 3.63) is 29.3 Å². The van der Waals surface area contributed by atoms with Crippen LogP contribution in [0.1, 0.15) is 53.9 Å². The second kappa shape index (κ2) is 12.1. The van der Waals surface area contributed by atoms with Gasteiger partial charge in [-0.05, 0) is 54.2 Å². The van der Waals surface area contributed by atoms with E-state index in [0.29, 0.717) is 60.9 Å². The Kier molecular flexibility index (Phi) is 9.36. The highest BCUT2D eigenvalue weighted by atomic mass is 32.2. The molecule has 0 N–H and O–H groups in total. The molecule has 0 spiro atoms. The summed E-state index contributed by atoms with van der Waals surface area (Å²) >= 11 is 0. The van der Waals surface area contributed by atoms with E-state index >= 15 is 8.78 Å². The molecule has 5 unspecified atom stereocenters. The van der Waals surface area contributed by atoms with Gasteiger partial charge in [0.25, 0.3) is 10.0 Å². The molecule has 0 amide bonds. The highest BCUT2D eigenvalue weighted by Crippen LogP contribution is 2.54. The predicted octanol–water partition coefficient (Wildman–Crippen LogP) is 3.82. The lowest BCUT2D eigenvalue weighted by molar-refractivity contribution is -0.247. The number of ketones is 1. The molecule has 0 radical (unpaired) electrons. The van der Waals surface area contributed by atoms with Crippen LogP contribution in [0.25, 0.3) is 0 Å². The SMILES string of the molecule is COc1ccc2c(c1)C(=O)C([S+]1CCOCC1)CC2C1CN(S(=O)(=O)C(F)(F)C(F)(F)C(F)(F)S(=O)(=O)[O-])CC2CCCCC21. The number of piperidine rings is 1. The zero-order chi connectivity index (χ0) is 33.2. The standard InChI is InChI=1S/C27H33F6NO8S3/c1-41-17-6-7-19-20(13-23(24(35)21(19)12-17)43-10-8-42-9-11-43)22-15-34(14-16-4-2-3-5-18(16)22)44(36,37)26(30,31)25(28,29)27(32,33)45(38,39)40/h6-7,12,16,18,20,22-23H,2-5,8-11,13-15H2,1H3. The van der Waals surface area contributed by atoms with Crippen molar-refractivity contribution in [2.24, 2.45) is 17.8 Å². The molecule has 2 aliphatic heterocycles. The van der Waals surface area contributed by atoms with E-state index in [1.54, 1.807) is 18.2 Å². The summed E-state index contributed by atoms with van der Waals surface area (Å²) in [4.78, 5) is 13.8. The molecule has 2 saturated heterocycles. The highest BCUT2D eigenvalue weighted by molar-refractivity contribution is 7.98. The van der Waals surface area contributed by atoms with Crippen LogP contribution in [0.3, 0.4) is 0 Å². The van der Waals surface area contributed by atoms with Crippen molar-refractivity contribution in [1.82, 2.24) is 4.31 Å². The Hall–Kier alpha value is -1.60. The van der Waals surface area contributed by atoms with Crippen molar-refractivity contribution < 1.29 is 62.0 Å². The van der Waals surface area contributed by atoms with Crippen molar-refractivity contribution in [3.63, 3.8) is 0 Å². The van der Waals surface area contributed by atoms with Gasteiger partial charge in [-0.2, -0.15) is 30.6 Å². The molecule has 0 aromatic heterocycles. The van der Waals surface area contributed by atoms with Crippen LogP contribution < -0.4 is 4.74 Å². The number of hydrogen-bond donors (Lipinski definition) is 0. The lowest BCUT2D eigenvalue weighted by atomic mass is 9.62. The zero-order valence-electron chi connectivity index (χ0n) is 24.1. The molecule has 0 bridgehead atoms. The number of fused-ring (bicyclic) bond motifs is 2. The lowest BCUT2D eigenvalue weighted by Gasteiger charge is -2.50. The van der Waals surface area contributed by atoms with Gasteiger partial charge in [-0.1, -0.05) is 18.9 Å². The van der Waals surface area contributed by atoms with E-state index in [-0.39, 0.29) is 22.4 Å².